The highest BCUT2D eigenvalue weighted by Crippen LogP contribution is 2.29. The molecule has 0 aromatic heterocycles. The van der Waals surface area contributed by atoms with Crippen molar-refractivity contribution in [3.63, 3.8) is 0 Å². The van der Waals surface area contributed by atoms with Crippen molar-refractivity contribution in [1.82, 2.24) is 5.32 Å². The number of ether oxygens (including phenoxy) is 1. The van der Waals surface area contributed by atoms with E-state index in [1.807, 2.05) is 44.2 Å². The molecule has 2 amide bonds. The third-order valence-electron chi connectivity index (χ3n) is 4.63. The van der Waals surface area contributed by atoms with Gasteiger partial charge in [0.1, 0.15) is 11.3 Å². The molecule has 7 heteroatoms. The lowest BCUT2D eigenvalue weighted by Crippen LogP contribution is -2.54. The van der Waals surface area contributed by atoms with Gasteiger partial charge in [0.15, 0.2) is 5.11 Å². The molecule has 2 aromatic rings. The number of amides is 2. The van der Waals surface area contributed by atoms with Crippen LogP contribution < -0.4 is 15.0 Å². The number of carbonyl (C=O) groups is 2. The van der Waals surface area contributed by atoms with Crippen LogP contribution in [0.25, 0.3) is 6.08 Å². The van der Waals surface area contributed by atoms with E-state index in [4.69, 9.17) is 17.0 Å². The molecule has 1 heterocycles. The van der Waals surface area contributed by atoms with Crippen LogP contribution in [0, 0.1) is 6.92 Å². The zero-order chi connectivity index (χ0) is 21.1. The lowest BCUT2D eigenvalue weighted by molar-refractivity contribution is -0.122. The summed E-state index contributed by atoms with van der Waals surface area (Å²) in [5.41, 5.74) is 2.24. The minimum atomic E-state index is -0.513. The topological polar surface area (TPSA) is 58.6 Å². The maximum atomic E-state index is 13.1. The van der Waals surface area contributed by atoms with Crippen molar-refractivity contribution in [1.29, 1.82) is 0 Å². The zero-order valence-electron chi connectivity index (χ0n) is 16.4. The molecule has 1 saturated heterocycles. The number of rotatable bonds is 5. The Kier molecular flexibility index (Phi) is 6.49. The number of thiocarbonyl (C=S) groups is 1. The Hall–Kier alpha value is -2.51. The summed E-state index contributed by atoms with van der Waals surface area (Å²) in [5.74, 6) is -0.256. The second-order valence-corrected chi connectivity index (χ2v) is 8.01. The molecule has 0 saturated carbocycles. The van der Waals surface area contributed by atoms with E-state index < -0.39 is 11.8 Å². The maximum absolute atomic E-state index is 13.1. The predicted molar refractivity (Wildman–Crippen MR) is 122 cm³/mol. The number of aryl methyl sites for hydroxylation is 1. The van der Waals surface area contributed by atoms with Gasteiger partial charge in [-0.25, -0.2) is 0 Å². The van der Waals surface area contributed by atoms with E-state index >= 15 is 0 Å². The van der Waals surface area contributed by atoms with Crippen LogP contribution in [-0.2, 0) is 9.59 Å². The highest BCUT2D eigenvalue weighted by molar-refractivity contribution is 9.10. The number of nitrogens with zero attached hydrogens (tertiary/aromatic N) is 1. The molecule has 3 rings (SSSR count). The van der Waals surface area contributed by atoms with E-state index in [-0.39, 0.29) is 16.8 Å². The van der Waals surface area contributed by atoms with Crippen LogP contribution in [0.15, 0.2) is 52.5 Å². The van der Waals surface area contributed by atoms with E-state index in [9.17, 15) is 9.59 Å². The molecule has 29 heavy (non-hydrogen) atoms. The molecular weight excluding hydrogens is 452 g/mol. The molecule has 0 unspecified atom stereocenters. The number of halogens is 1. The Balaban J connectivity index is 1.95. The molecular formula is C22H21BrN2O3S. The third kappa shape index (κ3) is 4.57. The van der Waals surface area contributed by atoms with Gasteiger partial charge in [-0.1, -0.05) is 31.2 Å². The first kappa shape index (κ1) is 21.2. The summed E-state index contributed by atoms with van der Waals surface area (Å²) in [7, 11) is 0. The molecule has 0 spiro atoms. The van der Waals surface area contributed by atoms with Gasteiger partial charge >= 0.3 is 0 Å². The van der Waals surface area contributed by atoms with Crippen molar-refractivity contribution in [2.45, 2.75) is 33.3 Å². The average Bonchev–Trinajstić information content (AvgIpc) is 2.68. The molecule has 5 nitrogen and oxygen atoms in total. The van der Waals surface area contributed by atoms with Crippen LogP contribution in [-0.4, -0.2) is 23.0 Å². The summed E-state index contributed by atoms with van der Waals surface area (Å²) >= 11 is 8.75. The Morgan fingerprint density at radius 1 is 1.24 bits per heavy atom. The van der Waals surface area contributed by atoms with Crippen LogP contribution in [0.2, 0.25) is 0 Å². The highest BCUT2D eigenvalue weighted by Gasteiger charge is 2.35. The molecule has 0 bridgehead atoms. The van der Waals surface area contributed by atoms with Crippen molar-refractivity contribution in [2.75, 3.05) is 4.90 Å². The maximum Gasteiger partial charge on any atom is 0.270 e. The third-order valence-corrected chi connectivity index (χ3v) is 5.53. The van der Waals surface area contributed by atoms with Gasteiger partial charge in [-0.3, -0.25) is 19.8 Å². The highest BCUT2D eigenvalue weighted by atomic mass is 79.9. The van der Waals surface area contributed by atoms with Gasteiger partial charge in [0.25, 0.3) is 11.8 Å². The number of carbonyl (C=O) groups excluding carboxylic acids is 2. The number of para-hydroxylation sites is 1. The summed E-state index contributed by atoms with van der Waals surface area (Å²) < 4.78 is 6.60. The molecule has 2 aromatic carbocycles. The fourth-order valence-electron chi connectivity index (χ4n) is 2.86. The fraction of sp³-hybridized carbons (Fsp3) is 0.227. The van der Waals surface area contributed by atoms with E-state index in [2.05, 4.69) is 28.2 Å². The Morgan fingerprint density at radius 3 is 2.62 bits per heavy atom. The molecule has 1 aliphatic rings. The number of hydrogen-bond donors (Lipinski definition) is 1. The quantitative estimate of drug-likeness (QED) is 0.386. The number of hydrogen-bond acceptors (Lipinski definition) is 4. The Bertz CT molecular complexity index is 1020. The van der Waals surface area contributed by atoms with Gasteiger partial charge in [0.05, 0.1) is 16.3 Å². The van der Waals surface area contributed by atoms with Crippen molar-refractivity contribution in [3.05, 3.63) is 63.6 Å². The van der Waals surface area contributed by atoms with Gasteiger partial charge in [0.2, 0.25) is 0 Å². The number of benzene rings is 2. The van der Waals surface area contributed by atoms with Crippen molar-refractivity contribution >= 4 is 56.8 Å². The van der Waals surface area contributed by atoms with E-state index in [0.717, 1.165) is 16.5 Å². The zero-order valence-corrected chi connectivity index (χ0v) is 18.8. The predicted octanol–water partition coefficient (Wildman–Crippen LogP) is 4.77. The minimum Gasteiger partial charge on any atom is -0.490 e. The molecule has 1 N–H and O–H groups in total. The van der Waals surface area contributed by atoms with Gasteiger partial charge in [-0.2, -0.15) is 0 Å². The lowest BCUT2D eigenvalue weighted by Gasteiger charge is -2.30. The van der Waals surface area contributed by atoms with Crippen LogP contribution in [0.3, 0.4) is 0 Å². The van der Waals surface area contributed by atoms with Gasteiger partial charge in [0, 0.05) is 0 Å². The Labute approximate surface area is 183 Å². The molecule has 150 valence electrons. The van der Waals surface area contributed by atoms with E-state index in [1.165, 1.54) is 4.90 Å². The summed E-state index contributed by atoms with van der Waals surface area (Å²) in [5, 5.41) is 2.68. The molecule has 0 aliphatic carbocycles. The smallest absolute Gasteiger partial charge is 0.270 e. The largest absolute Gasteiger partial charge is 0.490 e. The number of anilines is 1. The first-order valence-electron chi connectivity index (χ1n) is 9.25. The molecule has 1 fully saturated rings. The Morgan fingerprint density at radius 2 is 1.97 bits per heavy atom. The summed E-state index contributed by atoms with van der Waals surface area (Å²) in [4.78, 5) is 26.9. The second kappa shape index (κ2) is 8.88. The number of nitrogens with one attached hydrogen (secondary N) is 1. The standard InChI is InChI=1S/C22H21BrN2O3S/c1-4-14(3)28-19-10-9-15(12-17(19)23)11-16-20(26)24-22(29)25(21(16)27)18-8-6-5-7-13(18)2/h5-12,14H,4H2,1-3H3,(H,24,26,29)/b16-11+/t14-/m0/s1. The van der Waals surface area contributed by atoms with Gasteiger partial charge < -0.3 is 4.74 Å². The summed E-state index contributed by atoms with van der Waals surface area (Å²) in [6, 6.07) is 12.8. The van der Waals surface area contributed by atoms with Crippen molar-refractivity contribution in [2.24, 2.45) is 0 Å². The van der Waals surface area contributed by atoms with Crippen molar-refractivity contribution in [3.8, 4) is 5.75 Å². The second-order valence-electron chi connectivity index (χ2n) is 6.77. The van der Waals surface area contributed by atoms with Crippen LogP contribution >= 0.6 is 28.1 Å². The van der Waals surface area contributed by atoms with Crippen molar-refractivity contribution < 1.29 is 14.3 Å². The van der Waals surface area contributed by atoms with E-state index in [1.54, 1.807) is 18.2 Å². The van der Waals surface area contributed by atoms with E-state index in [0.29, 0.717) is 17.0 Å². The lowest BCUT2D eigenvalue weighted by atomic mass is 10.1. The van der Waals surface area contributed by atoms with Gasteiger partial charge in [-0.15, -0.1) is 0 Å². The average molecular weight is 473 g/mol. The minimum absolute atomic E-state index is 0.0179. The van der Waals surface area contributed by atoms with Crippen LogP contribution in [0.5, 0.6) is 5.75 Å². The van der Waals surface area contributed by atoms with Crippen LogP contribution in [0.4, 0.5) is 5.69 Å². The SMILES string of the molecule is CC[C@H](C)Oc1ccc(/C=C2\C(=O)NC(=S)N(c3ccccc3C)C2=O)cc1Br. The molecule has 1 atom stereocenters. The summed E-state index contributed by atoms with van der Waals surface area (Å²) in [6.45, 7) is 5.93. The first-order chi connectivity index (χ1) is 13.8. The fourth-order valence-corrected chi connectivity index (χ4v) is 3.62. The van der Waals surface area contributed by atoms with Crippen LogP contribution in [0.1, 0.15) is 31.4 Å². The van der Waals surface area contributed by atoms with Gasteiger partial charge in [-0.05, 0) is 83.8 Å². The molecule has 1 aliphatic heterocycles. The normalized spacial score (nSPS) is 16.8. The molecule has 0 radical (unpaired) electrons. The first-order valence-corrected chi connectivity index (χ1v) is 10.4. The monoisotopic (exact) mass is 472 g/mol. The summed E-state index contributed by atoms with van der Waals surface area (Å²) in [6.07, 6.45) is 2.54.